The summed E-state index contributed by atoms with van der Waals surface area (Å²) in [5, 5.41) is 15.2. The van der Waals surface area contributed by atoms with Crippen LogP contribution < -0.4 is 5.32 Å². The van der Waals surface area contributed by atoms with Gasteiger partial charge in [-0.15, -0.1) is 11.3 Å². The lowest BCUT2D eigenvalue weighted by molar-refractivity contribution is 1.10. The summed E-state index contributed by atoms with van der Waals surface area (Å²) >= 11 is 1.60. The number of anilines is 1. The molecule has 0 amide bonds. The average Bonchev–Trinajstić information content (AvgIpc) is 2.80. The van der Waals surface area contributed by atoms with Gasteiger partial charge in [0, 0.05) is 11.6 Å². The molecule has 1 aromatic carbocycles. The summed E-state index contributed by atoms with van der Waals surface area (Å²) in [7, 11) is 0. The Hall–Kier alpha value is -1.86. The van der Waals surface area contributed by atoms with E-state index >= 15 is 0 Å². The molecule has 0 atom stereocenters. The second kappa shape index (κ2) is 4.77. The van der Waals surface area contributed by atoms with Gasteiger partial charge in [-0.2, -0.15) is 5.26 Å². The summed E-state index contributed by atoms with van der Waals surface area (Å²) in [6.07, 6.45) is 1.78. The fourth-order valence-electron chi connectivity index (χ4n) is 1.50. The zero-order valence-electron chi connectivity index (χ0n) is 8.90. The molecule has 3 nitrogen and oxygen atoms in total. The highest BCUT2D eigenvalue weighted by atomic mass is 32.1. The lowest BCUT2D eigenvalue weighted by Crippen LogP contribution is -2.02. The maximum Gasteiger partial charge on any atom is 0.112 e. The average molecular weight is 229 g/mol. The van der Waals surface area contributed by atoms with Crippen LogP contribution in [0.1, 0.15) is 16.1 Å². The van der Waals surface area contributed by atoms with Gasteiger partial charge in [-0.3, -0.25) is 0 Å². The molecule has 16 heavy (non-hydrogen) atoms. The highest BCUT2D eigenvalue weighted by molar-refractivity contribution is 7.09. The molecule has 0 spiro atoms. The molecule has 2 rings (SSSR count). The minimum absolute atomic E-state index is 0.664. The van der Waals surface area contributed by atoms with Crippen molar-refractivity contribution < 1.29 is 0 Å². The number of aromatic nitrogens is 1. The number of hydrogen-bond donors (Lipinski definition) is 1. The van der Waals surface area contributed by atoms with E-state index in [0.717, 1.165) is 16.3 Å². The Bertz CT molecular complexity index is 512. The first-order valence-electron chi connectivity index (χ1n) is 4.93. The molecule has 0 aliphatic heterocycles. The number of nitriles is 1. The fraction of sp³-hybridized carbons (Fsp3) is 0.167. The van der Waals surface area contributed by atoms with Gasteiger partial charge >= 0.3 is 0 Å². The first-order valence-corrected chi connectivity index (χ1v) is 5.81. The normalized spacial score (nSPS) is 9.75. The van der Waals surface area contributed by atoms with Crippen molar-refractivity contribution >= 4 is 17.0 Å². The van der Waals surface area contributed by atoms with Crippen LogP contribution in [0.15, 0.2) is 29.8 Å². The molecule has 0 saturated heterocycles. The Morgan fingerprint density at radius 1 is 1.50 bits per heavy atom. The number of nitrogens with zero attached hydrogens (tertiary/aromatic N) is 2. The summed E-state index contributed by atoms with van der Waals surface area (Å²) in [4.78, 5) is 4.19. The molecule has 1 heterocycles. The van der Waals surface area contributed by atoms with Crippen LogP contribution >= 0.6 is 11.3 Å². The molecule has 0 unspecified atom stereocenters. The largest absolute Gasteiger partial charge is 0.377 e. The number of benzene rings is 1. The molecule has 0 fully saturated rings. The van der Waals surface area contributed by atoms with E-state index < -0.39 is 0 Å². The van der Waals surface area contributed by atoms with Crippen molar-refractivity contribution in [3.05, 3.63) is 45.9 Å². The van der Waals surface area contributed by atoms with E-state index in [0.29, 0.717) is 12.1 Å². The van der Waals surface area contributed by atoms with Crippen LogP contribution in [0, 0.1) is 18.3 Å². The Morgan fingerprint density at radius 3 is 3.06 bits per heavy atom. The topological polar surface area (TPSA) is 48.7 Å². The predicted octanol–water partition coefficient (Wildman–Crippen LogP) is 2.94. The van der Waals surface area contributed by atoms with Gasteiger partial charge in [0.25, 0.3) is 0 Å². The van der Waals surface area contributed by atoms with Crippen LogP contribution in [-0.2, 0) is 6.54 Å². The van der Waals surface area contributed by atoms with Crippen LogP contribution in [0.2, 0.25) is 0 Å². The minimum Gasteiger partial charge on any atom is -0.377 e. The van der Waals surface area contributed by atoms with E-state index in [1.807, 2.05) is 30.5 Å². The Kier molecular flexibility index (Phi) is 3.18. The maximum atomic E-state index is 9.00. The molecule has 1 N–H and O–H groups in total. The van der Waals surface area contributed by atoms with E-state index in [1.165, 1.54) is 0 Å². The van der Waals surface area contributed by atoms with E-state index in [1.54, 1.807) is 17.5 Å². The van der Waals surface area contributed by atoms with E-state index in [2.05, 4.69) is 16.4 Å². The molecule has 0 radical (unpaired) electrons. The number of rotatable bonds is 3. The third kappa shape index (κ3) is 2.20. The summed E-state index contributed by atoms with van der Waals surface area (Å²) < 4.78 is 0. The zero-order valence-corrected chi connectivity index (χ0v) is 9.71. The van der Waals surface area contributed by atoms with Gasteiger partial charge < -0.3 is 5.32 Å². The fourth-order valence-corrected chi connectivity index (χ4v) is 2.06. The molecule has 4 heteroatoms. The van der Waals surface area contributed by atoms with Crippen molar-refractivity contribution in [2.24, 2.45) is 0 Å². The molecular weight excluding hydrogens is 218 g/mol. The van der Waals surface area contributed by atoms with E-state index in [9.17, 15) is 0 Å². The number of thiazole rings is 1. The first kappa shape index (κ1) is 10.7. The molecule has 0 aliphatic rings. The van der Waals surface area contributed by atoms with Crippen molar-refractivity contribution in [1.29, 1.82) is 5.26 Å². The van der Waals surface area contributed by atoms with Crippen molar-refractivity contribution in [2.45, 2.75) is 13.5 Å². The van der Waals surface area contributed by atoms with Gasteiger partial charge in [-0.05, 0) is 18.6 Å². The number of aryl methyl sites for hydroxylation is 1. The summed E-state index contributed by atoms with van der Waals surface area (Å²) in [5.41, 5.74) is 2.66. The lowest BCUT2D eigenvalue weighted by atomic mass is 10.1. The molecular formula is C12H11N3S. The molecule has 0 saturated carbocycles. The molecule has 0 aliphatic carbocycles. The SMILES string of the molecule is Cc1cccc(C#N)c1NCc1nccs1. The quantitative estimate of drug-likeness (QED) is 0.880. The minimum atomic E-state index is 0.664. The third-order valence-corrected chi connectivity index (χ3v) is 3.07. The van der Waals surface area contributed by atoms with Crippen LogP contribution in [0.4, 0.5) is 5.69 Å². The van der Waals surface area contributed by atoms with E-state index in [-0.39, 0.29) is 0 Å². The zero-order chi connectivity index (χ0) is 11.4. The standard InChI is InChI=1S/C12H11N3S/c1-9-3-2-4-10(7-13)12(9)15-8-11-14-5-6-16-11/h2-6,15H,8H2,1H3. The monoisotopic (exact) mass is 229 g/mol. The third-order valence-electron chi connectivity index (χ3n) is 2.29. The highest BCUT2D eigenvalue weighted by Gasteiger charge is 2.04. The van der Waals surface area contributed by atoms with Gasteiger partial charge in [-0.25, -0.2) is 4.98 Å². The summed E-state index contributed by atoms with van der Waals surface area (Å²) in [5.74, 6) is 0. The maximum absolute atomic E-state index is 9.00. The van der Waals surface area contributed by atoms with Gasteiger partial charge in [-0.1, -0.05) is 12.1 Å². The van der Waals surface area contributed by atoms with Gasteiger partial charge in [0.15, 0.2) is 0 Å². The van der Waals surface area contributed by atoms with Crippen molar-refractivity contribution in [1.82, 2.24) is 4.98 Å². The highest BCUT2D eigenvalue weighted by Crippen LogP contribution is 2.20. The number of para-hydroxylation sites is 1. The van der Waals surface area contributed by atoms with Crippen LogP contribution in [0.3, 0.4) is 0 Å². The van der Waals surface area contributed by atoms with Crippen molar-refractivity contribution in [3.63, 3.8) is 0 Å². The van der Waals surface area contributed by atoms with Crippen LogP contribution in [0.25, 0.3) is 0 Å². The lowest BCUT2D eigenvalue weighted by Gasteiger charge is -2.09. The summed E-state index contributed by atoms with van der Waals surface area (Å²) in [6, 6.07) is 7.89. The van der Waals surface area contributed by atoms with Gasteiger partial charge in [0.05, 0.1) is 17.8 Å². The molecule has 2 aromatic rings. The Morgan fingerprint density at radius 2 is 2.38 bits per heavy atom. The predicted molar refractivity (Wildman–Crippen MR) is 65.3 cm³/mol. The molecule has 80 valence electrons. The molecule has 0 bridgehead atoms. The second-order valence-corrected chi connectivity index (χ2v) is 4.37. The van der Waals surface area contributed by atoms with Crippen LogP contribution in [-0.4, -0.2) is 4.98 Å². The number of hydrogen-bond acceptors (Lipinski definition) is 4. The van der Waals surface area contributed by atoms with Gasteiger partial charge in [0.2, 0.25) is 0 Å². The Balaban J connectivity index is 2.18. The van der Waals surface area contributed by atoms with Crippen LogP contribution in [0.5, 0.6) is 0 Å². The van der Waals surface area contributed by atoms with Crippen molar-refractivity contribution in [3.8, 4) is 6.07 Å². The first-order chi connectivity index (χ1) is 7.81. The Labute approximate surface area is 98.4 Å². The van der Waals surface area contributed by atoms with Crippen molar-refractivity contribution in [2.75, 3.05) is 5.32 Å². The molecule has 1 aromatic heterocycles. The smallest absolute Gasteiger partial charge is 0.112 e. The van der Waals surface area contributed by atoms with E-state index in [4.69, 9.17) is 5.26 Å². The summed E-state index contributed by atoms with van der Waals surface area (Å²) in [6.45, 7) is 2.65. The van der Waals surface area contributed by atoms with Gasteiger partial charge in [0.1, 0.15) is 11.1 Å². The second-order valence-electron chi connectivity index (χ2n) is 3.39. The number of nitrogens with one attached hydrogen (secondary N) is 1.